The van der Waals surface area contributed by atoms with E-state index in [1.165, 1.54) is 5.56 Å². The molecule has 1 aromatic carbocycles. The van der Waals surface area contributed by atoms with Gasteiger partial charge in [-0.1, -0.05) is 35.7 Å². The number of terminal acetylenes is 1. The van der Waals surface area contributed by atoms with E-state index in [0.29, 0.717) is 6.04 Å². The molecule has 0 unspecified atom stereocenters. The summed E-state index contributed by atoms with van der Waals surface area (Å²) in [7, 11) is 0. The van der Waals surface area contributed by atoms with Gasteiger partial charge >= 0.3 is 0 Å². The van der Waals surface area contributed by atoms with E-state index in [0.717, 1.165) is 44.0 Å². The van der Waals surface area contributed by atoms with Crippen LogP contribution in [0.15, 0.2) is 24.3 Å². The van der Waals surface area contributed by atoms with E-state index in [2.05, 4.69) is 22.2 Å². The van der Waals surface area contributed by atoms with Gasteiger partial charge in [0, 0.05) is 30.7 Å². The average Bonchev–Trinajstić information content (AvgIpc) is 2.40. The molecule has 18 heavy (non-hydrogen) atoms. The summed E-state index contributed by atoms with van der Waals surface area (Å²) in [6.07, 6.45) is 7.64. The fourth-order valence-electron chi connectivity index (χ4n) is 2.32. The second-order valence-corrected chi connectivity index (χ2v) is 5.13. The van der Waals surface area contributed by atoms with Gasteiger partial charge in [-0.05, 0) is 24.5 Å². The van der Waals surface area contributed by atoms with Crippen LogP contribution in [-0.4, -0.2) is 30.6 Å². The molecule has 0 saturated carbocycles. The Labute approximate surface area is 114 Å². The minimum Gasteiger partial charge on any atom is -0.310 e. The number of nitrogens with one attached hydrogen (secondary N) is 1. The van der Waals surface area contributed by atoms with Crippen LogP contribution in [0.2, 0.25) is 5.02 Å². The Hall–Kier alpha value is -1.01. The lowest BCUT2D eigenvalue weighted by Crippen LogP contribution is -2.42. The van der Waals surface area contributed by atoms with Gasteiger partial charge < -0.3 is 5.32 Å². The molecular formula is C15H19ClN2. The molecule has 0 aliphatic carbocycles. The number of benzene rings is 1. The highest BCUT2D eigenvalue weighted by Crippen LogP contribution is 2.16. The largest absolute Gasteiger partial charge is 0.310 e. The summed E-state index contributed by atoms with van der Waals surface area (Å²) < 4.78 is 0. The Morgan fingerprint density at radius 2 is 2.06 bits per heavy atom. The van der Waals surface area contributed by atoms with E-state index in [-0.39, 0.29) is 0 Å². The molecule has 0 amide bonds. The van der Waals surface area contributed by atoms with Gasteiger partial charge in [-0.3, -0.25) is 4.90 Å². The van der Waals surface area contributed by atoms with Gasteiger partial charge in [-0.2, -0.15) is 0 Å². The maximum absolute atomic E-state index is 6.14. The third-order valence-corrected chi connectivity index (χ3v) is 3.81. The highest BCUT2D eigenvalue weighted by molar-refractivity contribution is 6.31. The topological polar surface area (TPSA) is 15.3 Å². The Bertz CT molecular complexity index is 417. The van der Waals surface area contributed by atoms with Crippen LogP contribution in [0.3, 0.4) is 0 Å². The first-order valence-electron chi connectivity index (χ1n) is 6.42. The first kappa shape index (κ1) is 13.4. The fourth-order valence-corrected chi connectivity index (χ4v) is 2.52. The zero-order valence-electron chi connectivity index (χ0n) is 10.5. The molecule has 1 aliphatic rings. The lowest BCUT2D eigenvalue weighted by atomic mass is 10.0. The van der Waals surface area contributed by atoms with Crippen molar-refractivity contribution in [1.29, 1.82) is 0 Å². The van der Waals surface area contributed by atoms with Crippen molar-refractivity contribution in [3.8, 4) is 12.3 Å². The smallest absolute Gasteiger partial charge is 0.0598 e. The van der Waals surface area contributed by atoms with E-state index in [1.54, 1.807) is 0 Å². The number of nitrogens with zero attached hydrogens (tertiary/aromatic N) is 1. The molecule has 1 aromatic rings. The molecule has 1 saturated heterocycles. The minimum atomic E-state index is 0.579. The standard InChI is InChI=1S/C15H19ClN2/c1-2-9-18-10-7-14(8-11-18)17-12-13-5-3-4-6-15(13)16/h1,3-6,14,17H,7-12H2. The molecule has 0 radical (unpaired) electrons. The molecule has 0 bridgehead atoms. The molecule has 0 spiro atoms. The van der Waals surface area contributed by atoms with Gasteiger partial charge in [0.15, 0.2) is 0 Å². The van der Waals surface area contributed by atoms with Gasteiger partial charge in [0.2, 0.25) is 0 Å². The second-order valence-electron chi connectivity index (χ2n) is 4.73. The van der Waals surface area contributed by atoms with Crippen LogP contribution in [0, 0.1) is 12.3 Å². The molecule has 0 aromatic heterocycles. The molecule has 2 rings (SSSR count). The number of piperidine rings is 1. The van der Waals surface area contributed by atoms with Crippen molar-refractivity contribution >= 4 is 11.6 Å². The van der Waals surface area contributed by atoms with Gasteiger partial charge in [-0.15, -0.1) is 6.42 Å². The summed E-state index contributed by atoms with van der Waals surface area (Å²) in [4.78, 5) is 2.33. The van der Waals surface area contributed by atoms with Gasteiger partial charge in [0.1, 0.15) is 0 Å². The highest BCUT2D eigenvalue weighted by Gasteiger charge is 2.17. The molecule has 96 valence electrons. The highest BCUT2D eigenvalue weighted by atomic mass is 35.5. The van der Waals surface area contributed by atoms with Crippen LogP contribution in [0.4, 0.5) is 0 Å². The number of rotatable bonds is 4. The third-order valence-electron chi connectivity index (χ3n) is 3.44. The number of halogens is 1. The predicted octanol–water partition coefficient (Wildman–Crippen LogP) is 2.53. The summed E-state index contributed by atoms with van der Waals surface area (Å²) in [5.74, 6) is 2.71. The van der Waals surface area contributed by atoms with Crippen molar-refractivity contribution in [2.24, 2.45) is 0 Å². The summed E-state index contributed by atoms with van der Waals surface area (Å²) in [5, 5.41) is 4.42. The molecule has 1 N–H and O–H groups in total. The first-order valence-corrected chi connectivity index (χ1v) is 6.80. The van der Waals surface area contributed by atoms with Crippen molar-refractivity contribution in [3.05, 3.63) is 34.9 Å². The van der Waals surface area contributed by atoms with E-state index in [1.807, 2.05) is 18.2 Å². The summed E-state index contributed by atoms with van der Waals surface area (Å²) in [5.41, 5.74) is 1.17. The van der Waals surface area contributed by atoms with Gasteiger partial charge in [-0.25, -0.2) is 0 Å². The first-order chi connectivity index (χ1) is 8.79. The molecule has 2 nitrogen and oxygen atoms in total. The number of likely N-dealkylation sites (tertiary alicyclic amines) is 1. The molecular weight excluding hydrogens is 244 g/mol. The zero-order valence-corrected chi connectivity index (χ0v) is 11.3. The molecule has 1 aliphatic heterocycles. The average molecular weight is 263 g/mol. The van der Waals surface area contributed by atoms with E-state index >= 15 is 0 Å². The number of hydrogen-bond acceptors (Lipinski definition) is 2. The fraction of sp³-hybridized carbons (Fsp3) is 0.467. The third kappa shape index (κ3) is 3.74. The summed E-state index contributed by atoms with van der Waals surface area (Å²) >= 11 is 6.14. The van der Waals surface area contributed by atoms with E-state index in [9.17, 15) is 0 Å². The van der Waals surface area contributed by atoms with Crippen molar-refractivity contribution in [1.82, 2.24) is 10.2 Å². The van der Waals surface area contributed by atoms with Crippen LogP contribution in [-0.2, 0) is 6.54 Å². The molecule has 0 atom stereocenters. The summed E-state index contributed by atoms with van der Waals surface area (Å²) in [6.45, 7) is 3.80. The summed E-state index contributed by atoms with van der Waals surface area (Å²) in [6, 6.07) is 8.58. The van der Waals surface area contributed by atoms with E-state index < -0.39 is 0 Å². The zero-order chi connectivity index (χ0) is 12.8. The van der Waals surface area contributed by atoms with E-state index in [4.69, 9.17) is 18.0 Å². The molecule has 1 fully saturated rings. The quantitative estimate of drug-likeness (QED) is 0.839. The van der Waals surface area contributed by atoms with Crippen LogP contribution in [0.5, 0.6) is 0 Å². The van der Waals surface area contributed by atoms with Crippen LogP contribution in [0.25, 0.3) is 0 Å². The monoisotopic (exact) mass is 262 g/mol. The second kappa shape index (κ2) is 6.80. The van der Waals surface area contributed by atoms with Gasteiger partial charge in [0.05, 0.1) is 6.54 Å². The molecule has 3 heteroatoms. The number of hydrogen-bond donors (Lipinski definition) is 1. The Morgan fingerprint density at radius 3 is 2.72 bits per heavy atom. The maximum Gasteiger partial charge on any atom is 0.0598 e. The van der Waals surface area contributed by atoms with Crippen LogP contribution < -0.4 is 5.32 Å². The SMILES string of the molecule is C#CCN1CCC(NCc2ccccc2Cl)CC1. The maximum atomic E-state index is 6.14. The van der Waals surface area contributed by atoms with Crippen molar-refractivity contribution in [3.63, 3.8) is 0 Å². The van der Waals surface area contributed by atoms with Crippen LogP contribution >= 0.6 is 11.6 Å². The lowest BCUT2D eigenvalue weighted by molar-refractivity contribution is 0.217. The lowest BCUT2D eigenvalue weighted by Gasteiger charge is -2.31. The predicted molar refractivity (Wildman–Crippen MR) is 76.6 cm³/mol. The normalized spacial score (nSPS) is 17.6. The van der Waals surface area contributed by atoms with Crippen molar-refractivity contribution in [2.45, 2.75) is 25.4 Å². The minimum absolute atomic E-state index is 0.579. The van der Waals surface area contributed by atoms with Crippen LogP contribution in [0.1, 0.15) is 18.4 Å². The van der Waals surface area contributed by atoms with Crippen molar-refractivity contribution in [2.75, 3.05) is 19.6 Å². The Morgan fingerprint density at radius 1 is 1.33 bits per heavy atom. The molecule has 1 heterocycles. The Balaban J connectivity index is 1.76. The Kier molecular flexibility index (Phi) is 5.07. The van der Waals surface area contributed by atoms with Crippen molar-refractivity contribution < 1.29 is 0 Å². The van der Waals surface area contributed by atoms with Gasteiger partial charge in [0.25, 0.3) is 0 Å².